The van der Waals surface area contributed by atoms with Crippen molar-refractivity contribution in [1.29, 1.82) is 0 Å². The molecule has 51 heavy (non-hydrogen) atoms. The first kappa shape index (κ1) is 37.6. The Morgan fingerprint density at radius 2 is 1.24 bits per heavy atom. The van der Waals surface area contributed by atoms with Gasteiger partial charge in [-0.05, 0) is 118 Å². The Morgan fingerprint density at radius 3 is 1.76 bits per heavy atom. The highest BCUT2D eigenvalue weighted by atomic mass is 127. The molecule has 0 N–H and O–H groups in total. The van der Waals surface area contributed by atoms with Crippen LogP contribution in [0.5, 0.6) is 11.5 Å². The predicted molar refractivity (Wildman–Crippen MR) is 210 cm³/mol. The summed E-state index contributed by atoms with van der Waals surface area (Å²) in [5, 5.41) is 0. The zero-order valence-electron chi connectivity index (χ0n) is 28.4. The van der Waals surface area contributed by atoms with Crippen molar-refractivity contribution >= 4 is 63.4 Å². The molecule has 0 fully saturated rings. The van der Waals surface area contributed by atoms with Crippen LogP contribution in [0.25, 0.3) is 16.8 Å². The molecule has 0 aliphatic carbocycles. The van der Waals surface area contributed by atoms with Gasteiger partial charge >= 0.3 is 6.97 Å². The second-order valence-corrected chi connectivity index (χ2v) is 15.1. The van der Waals surface area contributed by atoms with Gasteiger partial charge in [0.05, 0.1) is 27.9 Å². The predicted octanol–water partition coefficient (Wildman–Crippen LogP) is 11.9. The lowest BCUT2D eigenvalue weighted by molar-refractivity contribution is -0.360. The van der Waals surface area contributed by atoms with Crippen molar-refractivity contribution < 1.29 is 35.8 Å². The maximum atomic E-state index is 17.4. The lowest BCUT2D eigenvalue weighted by Crippen LogP contribution is -2.51. The number of nitrogens with zero attached hydrogens (tertiary/aromatic N) is 2. The van der Waals surface area contributed by atoms with Gasteiger partial charge in [-0.25, -0.2) is 13.2 Å². The summed E-state index contributed by atoms with van der Waals surface area (Å²) >= 11 is 3.97. The molecule has 4 nitrogen and oxygen atoms in total. The van der Waals surface area contributed by atoms with Gasteiger partial charge in [-0.2, -0.15) is 0 Å². The van der Waals surface area contributed by atoms with E-state index in [0.29, 0.717) is 55.1 Å². The maximum Gasteiger partial charge on any atom is 0.738 e. The van der Waals surface area contributed by atoms with E-state index in [1.165, 1.54) is 12.1 Å². The molecule has 3 heterocycles. The maximum absolute atomic E-state index is 17.4. The van der Waals surface area contributed by atoms with Gasteiger partial charge in [-0.3, -0.25) is 0 Å². The van der Waals surface area contributed by atoms with E-state index in [9.17, 15) is 4.39 Å². The number of allylic oxidation sites excluding steroid dienone is 2. The van der Waals surface area contributed by atoms with Gasteiger partial charge in [0.15, 0.2) is 11.4 Å². The standard InChI is InChI=1S/C39H38BF5I2N2O2/c1-3-5-7-9-19-50-28-15-11-25(12-16-28)38-32(46)23-34-37(36-30(42)21-27(41)22-31(36)43)35-24-33(47)39(49(35)40(44,45)48(34)38)26-13-17-29(18-14-26)51-20-10-8-6-4-2/h11-18,21-24H,3-10,19-20H2,1-2H3. The van der Waals surface area contributed by atoms with Crippen LogP contribution in [0.4, 0.5) is 21.8 Å². The number of benzene rings is 3. The van der Waals surface area contributed by atoms with Gasteiger partial charge in [0.25, 0.3) is 0 Å². The van der Waals surface area contributed by atoms with Crippen LogP contribution in [0, 0.1) is 21.0 Å². The van der Waals surface area contributed by atoms with E-state index >= 15 is 17.4 Å². The molecule has 4 aromatic rings. The largest absolute Gasteiger partial charge is 0.738 e. The Hall–Kier alpha value is -3.14. The molecule has 2 aliphatic rings. The third-order valence-electron chi connectivity index (χ3n) is 9.16. The zero-order chi connectivity index (χ0) is 36.3. The molecule has 0 atom stereocenters. The topological polar surface area (TPSA) is 26.4 Å². The molecule has 0 radical (unpaired) electrons. The van der Waals surface area contributed by atoms with E-state index in [2.05, 4.69) is 13.8 Å². The Kier molecular flexibility index (Phi) is 12.0. The number of aromatic nitrogens is 1. The van der Waals surface area contributed by atoms with Crippen molar-refractivity contribution in [3.05, 3.63) is 120 Å². The number of unbranched alkanes of at least 4 members (excludes halogenated alkanes) is 6. The van der Waals surface area contributed by atoms with Crippen molar-refractivity contribution in [3.8, 4) is 22.8 Å². The fraction of sp³-hybridized carbons (Fsp3) is 0.308. The molecular formula is C39H38BF5I2N2O2. The highest BCUT2D eigenvalue weighted by molar-refractivity contribution is 14.1. The van der Waals surface area contributed by atoms with Crippen LogP contribution in [-0.4, -0.2) is 34.9 Å². The number of hydrogen-bond donors (Lipinski definition) is 0. The fourth-order valence-corrected chi connectivity index (χ4v) is 8.44. The highest BCUT2D eigenvalue weighted by Crippen LogP contribution is 2.47. The first-order valence-corrected chi connectivity index (χ1v) is 19.6. The monoisotopic (exact) mass is 926 g/mol. The summed E-state index contributed by atoms with van der Waals surface area (Å²) in [5.41, 5.74) is 0.541. The van der Waals surface area contributed by atoms with Crippen LogP contribution in [0.15, 0.2) is 82.1 Å². The van der Waals surface area contributed by atoms with Crippen molar-refractivity contribution in [3.63, 3.8) is 0 Å². The average Bonchev–Trinajstić information content (AvgIpc) is 3.64. The number of hydrogen-bond acceptors (Lipinski definition) is 2. The van der Waals surface area contributed by atoms with Crippen LogP contribution < -0.4 is 9.47 Å². The summed E-state index contributed by atoms with van der Waals surface area (Å²) in [5.74, 6) is -2.23. The van der Waals surface area contributed by atoms with E-state index in [4.69, 9.17) is 9.47 Å². The summed E-state index contributed by atoms with van der Waals surface area (Å²) < 4.78 is 94.8. The molecular weight excluding hydrogens is 888 g/mol. The quantitative estimate of drug-likeness (QED) is 0.0514. The van der Waals surface area contributed by atoms with Gasteiger partial charge < -0.3 is 27.1 Å². The molecule has 0 amide bonds. The molecule has 6 rings (SSSR count). The number of halogens is 7. The molecule has 2 aliphatic heterocycles. The second-order valence-electron chi connectivity index (χ2n) is 12.8. The lowest BCUT2D eigenvalue weighted by Gasteiger charge is -2.33. The van der Waals surface area contributed by atoms with Gasteiger partial charge in [-0.15, -0.1) is 0 Å². The third kappa shape index (κ3) is 7.67. The molecule has 1 aromatic heterocycles. The number of rotatable bonds is 15. The van der Waals surface area contributed by atoms with Gasteiger partial charge in [-0.1, -0.05) is 52.4 Å². The van der Waals surface area contributed by atoms with E-state index in [-0.39, 0.29) is 28.4 Å². The van der Waals surface area contributed by atoms with Crippen LogP contribution >= 0.6 is 45.2 Å². The molecule has 0 bridgehead atoms. The number of ether oxygens (including phenoxy) is 2. The van der Waals surface area contributed by atoms with E-state index < -0.39 is 30.0 Å². The second kappa shape index (κ2) is 16.3. The van der Waals surface area contributed by atoms with E-state index in [0.717, 1.165) is 60.3 Å². The first-order chi connectivity index (χ1) is 24.6. The van der Waals surface area contributed by atoms with Crippen molar-refractivity contribution in [2.24, 2.45) is 0 Å². The Labute approximate surface area is 322 Å². The normalized spacial score (nSPS) is 14.9. The summed E-state index contributed by atoms with van der Waals surface area (Å²) in [6.45, 7) is 0.747. The molecule has 268 valence electrons. The van der Waals surface area contributed by atoms with Gasteiger partial charge in [0, 0.05) is 38.7 Å². The minimum absolute atomic E-state index is 0.0696. The Bertz CT molecular complexity index is 1980. The average molecular weight is 926 g/mol. The highest BCUT2D eigenvalue weighted by Gasteiger charge is 2.56. The Morgan fingerprint density at radius 1 is 0.706 bits per heavy atom. The summed E-state index contributed by atoms with van der Waals surface area (Å²) in [4.78, 5) is 0. The van der Waals surface area contributed by atoms with Crippen LogP contribution in [0.3, 0.4) is 0 Å². The fourth-order valence-electron chi connectivity index (χ4n) is 6.71. The summed E-state index contributed by atoms with van der Waals surface area (Å²) in [6.07, 6.45) is 9.96. The molecule has 0 unspecified atom stereocenters. The minimum atomic E-state index is -4.64. The SMILES string of the molecule is CCCCCCOc1ccc(C2=[N+]3C(=C(c4c(F)cc(F)cc4F)c4cc(I)c(-c5ccc(OCCCCCC)cc5)n4[B-]3(F)F)C=C2I)cc1. The number of fused-ring (bicyclic) bond motifs is 2. The van der Waals surface area contributed by atoms with Crippen molar-refractivity contribution in [1.82, 2.24) is 4.48 Å². The van der Waals surface area contributed by atoms with Crippen molar-refractivity contribution in [2.45, 2.75) is 65.2 Å². The van der Waals surface area contributed by atoms with Crippen LogP contribution in [-0.2, 0) is 0 Å². The lowest BCUT2D eigenvalue weighted by atomic mass is 9.84. The smallest absolute Gasteiger partial charge is 0.494 e. The zero-order valence-corrected chi connectivity index (χ0v) is 32.7. The first-order valence-electron chi connectivity index (χ1n) is 17.4. The molecule has 0 saturated carbocycles. The van der Waals surface area contributed by atoms with Crippen LogP contribution in [0.2, 0.25) is 0 Å². The minimum Gasteiger partial charge on any atom is -0.494 e. The molecule has 0 spiro atoms. The third-order valence-corrected chi connectivity index (χ3v) is 10.8. The van der Waals surface area contributed by atoms with Crippen molar-refractivity contribution in [2.75, 3.05) is 13.2 Å². The molecule has 12 heteroatoms. The van der Waals surface area contributed by atoms with E-state index in [1.54, 1.807) is 48.5 Å². The van der Waals surface area contributed by atoms with Crippen LogP contribution in [0.1, 0.15) is 82.0 Å². The van der Waals surface area contributed by atoms with E-state index in [1.807, 2.05) is 45.2 Å². The van der Waals surface area contributed by atoms with Gasteiger partial charge in [0.2, 0.25) is 0 Å². The summed E-state index contributed by atoms with van der Waals surface area (Å²) in [7, 11) is 0. The molecule has 0 saturated heterocycles. The Balaban J connectivity index is 1.47. The van der Waals surface area contributed by atoms with Gasteiger partial charge in [0.1, 0.15) is 29.0 Å². The summed E-state index contributed by atoms with van der Waals surface area (Å²) in [6, 6.07) is 16.5. The molecule has 3 aromatic carbocycles.